The molecule has 0 heterocycles. The van der Waals surface area contributed by atoms with Gasteiger partial charge in [0.05, 0.1) is 0 Å². The van der Waals surface area contributed by atoms with E-state index in [1.165, 1.54) is 17.8 Å². The van der Waals surface area contributed by atoms with Gasteiger partial charge in [0.25, 0.3) is 0 Å². The van der Waals surface area contributed by atoms with Crippen molar-refractivity contribution >= 4 is 29.2 Å². The molecule has 0 saturated carbocycles. The molecule has 6 heteroatoms. The number of oxime groups is 1. The molecule has 0 aliphatic rings. The van der Waals surface area contributed by atoms with E-state index in [-0.39, 0.29) is 11.7 Å². The first kappa shape index (κ1) is 14.7. The third kappa shape index (κ3) is 3.65. The molecule has 2 aromatic rings. The summed E-state index contributed by atoms with van der Waals surface area (Å²) in [5.41, 5.74) is 6.30. The number of halogens is 2. The summed E-state index contributed by atoms with van der Waals surface area (Å²) in [5.74, 6) is -0.0237. The molecule has 0 saturated heterocycles. The first-order chi connectivity index (χ1) is 9.60. The van der Waals surface area contributed by atoms with Gasteiger partial charge in [0.2, 0.25) is 0 Å². The molecule has 3 N–H and O–H groups in total. The summed E-state index contributed by atoms with van der Waals surface area (Å²) >= 11 is 7.38. The number of nitrogens with two attached hydrogens (primary N) is 1. The topological polar surface area (TPSA) is 58.6 Å². The van der Waals surface area contributed by atoms with Crippen LogP contribution in [0.5, 0.6) is 0 Å². The molecule has 0 radical (unpaired) electrons. The average molecular weight is 311 g/mol. The second-order valence-electron chi connectivity index (χ2n) is 4.04. The summed E-state index contributed by atoms with van der Waals surface area (Å²) < 4.78 is 13.9. The van der Waals surface area contributed by atoms with E-state index in [0.29, 0.717) is 21.9 Å². The zero-order valence-corrected chi connectivity index (χ0v) is 12.0. The number of hydrogen-bond donors (Lipinski definition) is 2. The fourth-order valence-electron chi connectivity index (χ4n) is 1.60. The number of nitrogens with zero attached hydrogens (tertiary/aromatic N) is 1. The molecule has 104 valence electrons. The van der Waals surface area contributed by atoms with E-state index in [2.05, 4.69) is 5.16 Å². The lowest BCUT2D eigenvalue weighted by atomic mass is 10.1. The Bertz CT molecular complexity index is 649. The first-order valence-corrected chi connectivity index (χ1v) is 7.11. The van der Waals surface area contributed by atoms with Crippen LogP contribution < -0.4 is 5.73 Å². The van der Waals surface area contributed by atoms with Gasteiger partial charge in [-0.05, 0) is 29.8 Å². The first-order valence-electron chi connectivity index (χ1n) is 5.75. The van der Waals surface area contributed by atoms with Gasteiger partial charge in [-0.3, -0.25) is 0 Å². The normalized spacial score (nSPS) is 11.6. The predicted molar refractivity (Wildman–Crippen MR) is 79.9 cm³/mol. The quantitative estimate of drug-likeness (QED) is 0.296. The molecule has 0 amide bonds. The summed E-state index contributed by atoms with van der Waals surface area (Å²) in [5, 5.41) is 12.0. The summed E-state index contributed by atoms with van der Waals surface area (Å²) in [6.45, 7) is 0. The summed E-state index contributed by atoms with van der Waals surface area (Å²) in [7, 11) is 0. The van der Waals surface area contributed by atoms with Gasteiger partial charge >= 0.3 is 0 Å². The SMILES string of the molecule is NC(=NO)c1ccc(CSc2cccc(Cl)c2)c(F)c1. The second kappa shape index (κ2) is 6.63. The zero-order chi connectivity index (χ0) is 14.5. The number of amidine groups is 1. The number of rotatable bonds is 4. The fraction of sp³-hybridized carbons (Fsp3) is 0.0714. The highest BCUT2D eigenvalue weighted by molar-refractivity contribution is 7.98. The Hall–Kier alpha value is -1.72. The van der Waals surface area contributed by atoms with E-state index in [4.69, 9.17) is 22.5 Å². The largest absolute Gasteiger partial charge is 0.409 e. The summed E-state index contributed by atoms with van der Waals surface area (Å²) in [4.78, 5) is 0.970. The number of thioether (sulfide) groups is 1. The molecule has 0 spiro atoms. The monoisotopic (exact) mass is 310 g/mol. The molecule has 20 heavy (non-hydrogen) atoms. The van der Waals surface area contributed by atoms with Crippen LogP contribution >= 0.6 is 23.4 Å². The van der Waals surface area contributed by atoms with Crippen LogP contribution in [0.3, 0.4) is 0 Å². The van der Waals surface area contributed by atoms with Gasteiger partial charge in [-0.15, -0.1) is 11.8 Å². The molecule has 0 aromatic heterocycles. The lowest BCUT2D eigenvalue weighted by Crippen LogP contribution is -2.13. The van der Waals surface area contributed by atoms with Crippen molar-refractivity contribution in [3.63, 3.8) is 0 Å². The Balaban J connectivity index is 2.11. The standard InChI is InChI=1S/C14H12ClFN2OS/c15-11-2-1-3-12(7-11)20-8-10-5-4-9(6-13(10)16)14(17)18-19/h1-7,19H,8H2,(H2,17,18). The number of hydrogen-bond acceptors (Lipinski definition) is 3. The van der Waals surface area contributed by atoms with E-state index in [1.807, 2.05) is 18.2 Å². The van der Waals surface area contributed by atoms with Crippen molar-refractivity contribution in [2.75, 3.05) is 0 Å². The Morgan fingerprint density at radius 1 is 1.30 bits per heavy atom. The van der Waals surface area contributed by atoms with Crippen molar-refractivity contribution in [1.29, 1.82) is 0 Å². The highest BCUT2D eigenvalue weighted by Gasteiger charge is 2.07. The van der Waals surface area contributed by atoms with Gasteiger partial charge in [0.15, 0.2) is 5.84 Å². The van der Waals surface area contributed by atoms with E-state index < -0.39 is 0 Å². The fourth-order valence-corrected chi connectivity index (χ4v) is 2.80. The zero-order valence-electron chi connectivity index (χ0n) is 10.4. The van der Waals surface area contributed by atoms with Crippen molar-refractivity contribution in [3.05, 3.63) is 64.4 Å². The van der Waals surface area contributed by atoms with Gasteiger partial charge in [-0.2, -0.15) is 0 Å². The minimum absolute atomic E-state index is 0.113. The Morgan fingerprint density at radius 2 is 2.10 bits per heavy atom. The Kier molecular flexibility index (Phi) is 4.87. The maximum atomic E-state index is 13.9. The molecular formula is C14H12ClFN2OS. The maximum Gasteiger partial charge on any atom is 0.170 e. The van der Waals surface area contributed by atoms with Gasteiger partial charge in [-0.25, -0.2) is 4.39 Å². The molecule has 0 bridgehead atoms. The van der Waals surface area contributed by atoms with Gasteiger partial charge in [-0.1, -0.05) is 35.0 Å². The van der Waals surface area contributed by atoms with Crippen LogP contribution in [-0.4, -0.2) is 11.0 Å². The molecular weight excluding hydrogens is 299 g/mol. The van der Waals surface area contributed by atoms with Crippen LogP contribution in [0.15, 0.2) is 52.5 Å². The third-order valence-electron chi connectivity index (χ3n) is 2.65. The molecule has 0 atom stereocenters. The Labute approximate surface area is 125 Å². The second-order valence-corrected chi connectivity index (χ2v) is 5.52. The molecule has 0 unspecified atom stereocenters. The molecule has 0 fully saturated rings. The van der Waals surface area contributed by atoms with Crippen LogP contribution in [0.1, 0.15) is 11.1 Å². The van der Waals surface area contributed by atoms with E-state index >= 15 is 0 Å². The van der Waals surface area contributed by atoms with Gasteiger partial charge < -0.3 is 10.9 Å². The van der Waals surface area contributed by atoms with E-state index in [0.717, 1.165) is 4.90 Å². The van der Waals surface area contributed by atoms with Crippen LogP contribution in [0.25, 0.3) is 0 Å². The molecule has 0 aliphatic heterocycles. The minimum Gasteiger partial charge on any atom is -0.409 e. The smallest absolute Gasteiger partial charge is 0.170 e. The molecule has 2 rings (SSSR count). The van der Waals surface area contributed by atoms with Crippen molar-refractivity contribution in [3.8, 4) is 0 Å². The Morgan fingerprint density at radius 3 is 2.75 bits per heavy atom. The third-order valence-corrected chi connectivity index (χ3v) is 3.92. The lowest BCUT2D eigenvalue weighted by Gasteiger charge is -2.06. The summed E-state index contributed by atoms with van der Waals surface area (Å²) in [6, 6.07) is 11.9. The van der Waals surface area contributed by atoms with Crippen LogP contribution in [0, 0.1) is 5.82 Å². The summed E-state index contributed by atoms with van der Waals surface area (Å²) in [6.07, 6.45) is 0. The molecule has 0 aliphatic carbocycles. The van der Waals surface area contributed by atoms with Crippen molar-refractivity contribution in [2.45, 2.75) is 10.6 Å². The van der Waals surface area contributed by atoms with Gasteiger partial charge in [0.1, 0.15) is 5.82 Å². The molecule has 3 nitrogen and oxygen atoms in total. The van der Waals surface area contributed by atoms with Crippen LogP contribution in [0.2, 0.25) is 5.02 Å². The van der Waals surface area contributed by atoms with Crippen molar-refractivity contribution in [2.24, 2.45) is 10.9 Å². The van der Waals surface area contributed by atoms with Crippen LogP contribution in [0.4, 0.5) is 4.39 Å². The van der Waals surface area contributed by atoms with Crippen LogP contribution in [-0.2, 0) is 5.75 Å². The minimum atomic E-state index is -0.386. The van der Waals surface area contributed by atoms with Crippen molar-refractivity contribution in [1.82, 2.24) is 0 Å². The van der Waals surface area contributed by atoms with Gasteiger partial charge in [0, 0.05) is 21.2 Å². The van der Waals surface area contributed by atoms with E-state index in [9.17, 15) is 4.39 Å². The predicted octanol–water partition coefficient (Wildman–Crippen LogP) is 3.87. The van der Waals surface area contributed by atoms with E-state index in [1.54, 1.807) is 18.2 Å². The highest BCUT2D eigenvalue weighted by Crippen LogP contribution is 2.26. The molecule has 2 aromatic carbocycles. The highest BCUT2D eigenvalue weighted by atomic mass is 35.5. The lowest BCUT2D eigenvalue weighted by molar-refractivity contribution is 0.318. The number of benzene rings is 2. The average Bonchev–Trinajstić information content (AvgIpc) is 2.45. The maximum absolute atomic E-state index is 13.9. The van der Waals surface area contributed by atoms with Crippen molar-refractivity contribution < 1.29 is 9.60 Å².